The Hall–Kier alpha value is -1.30. The van der Waals surface area contributed by atoms with Crippen LogP contribution in [0.15, 0.2) is 60.8 Å². The van der Waals surface area contributed by atoms with Gasteiger partial charge in [-0.05, 0) is 25.0 Å². The molecule has 0 radical (unpaired) electrons. The van der Waals surface area contributed by atoms with Crippen molar-refractivity contribution in [2.24, 2.45) is 0 Å². The van der Waals surface area contributed by atoms with Gasteiger partial charge < -0.3 is 0 Å². The molecule has 0 saturated carbocycles. The molecule has 0 aromatic carbocycles. The zero-order valence-corrected chi connectivity index (χ0v) is 7.88. The molecule has 0 saturated heterocycles. The molecule has 0 fully saturated rings. The summed E-state index contributed by atoms with van der Waals surface area (Å²) in [6.07, 6.45) is 11.7. The Kier molecular flexibility index (Phi) is 5.72. The predicted molar refractivity (Wildman–Crippen MR) is 57.0 cm³/mol. The summed E-state index contributed by atoms with van der Waals surface area (Å²) in [7, 11) is 0. The van der Waals surface area contributed by atoms with E-state index in [2.05, 4.69) is 13.2 Å². The first-order valence-corrected chi connectivity index (χ1v) is 4.03. The highest BCUT2D eigenvalue weighted by molar-refractivity contribution is 5.45. The molecule has 0 spiro atoms. The summed E-state index contributed by atoms with van der Waals surface area (Å²) in [5.41, 5.74) is 2.11. The molecule has 0 heteroatoms. The van der Waals surface area contributed by atoms with E-state index >= 15 is 0 Å². The van der Waals surface area contributed by atoms with Gasteiger partial charge in [0, 0.05) is 0 Å². The van der Waals surface area contributed by atoms with E-state index in [1.54, 1.807) is 6.08 Å². The van der Waals surface area contributed by atoms with E-state index in [-0.39, 0.29) is 0 Å². The summed E-state index contributed by atoms with van der Waals surface area (Å²) in [6.45, 7) is 11.5. The maximum atomic E-state index is 3.93. The van der Waals surface area contributed by atoms with Crippen molar-refractivity contribution in [3.8, 4) is 0 Å². The van der Waals surface area contributed by atoms with Crippen LogP contribution in [-0.4, -0.2) is 0 Å². The molecule has 12 heavy (non-hydrogen) atoms. The van der Waals surface area contributed by atoms with E-state index in [1.807, 2.05) is 44.2 Å². The standard InChI is InChI=1S/C12H16/c1-5-8-11(4)12(9-6-2)10-7-3/h5-10H,2,4H2,1,3H3/b8-5-,10-7-,12-9-. The van der Waals surface area contributed by atoms with Gasteiger partial charge in [-0.1, -0.05) is 49.6 Å². The lowest BCUT2D eigenvalue weighted by Gasteiger charge is -1.98. The van der Waals surface area contributed by atoms with Crippen LogP contribution in [0.25, 0.3) is 0 Å². The Morgan fingerprint density at radius 3 is 2.08 bits per heavy atom. The van der Waals surface area contributed by atoms with Gasteiger partial charge in [-0.25, -0.2) is 0 Å². The van der Waals surface area contributed by atoms with Crippen molar-refractivity contribution in [3.63, 3.8) is 0 Å². The fourth-order valence-electron chi connectivity index (χ4n) is 0.874. The molecule has 0 aliphatic rings. The molecule has 0 nitrogen and oxygen atoms in total. The number of hydrogen-bond acceptors (Lipinski definition) is 0. The van der Waals surface area contributed by atoms with Gasteiger partial charge in [0.05, 0.1) is 0 Å². The van der Waals surface area contributed by atoms with Crippen LogP contribution >= 0.6 is 0 Å². The van der Waals surface area contributed by atoms with Crippen LogP contribution in [0.5, 0.6) is 0 Å². The molecule has 0 heterocycles. The molecule has 0 aromatic heterocycles. The fourth-order valence-corrected chi connectivity index (χ4v) is 0.874. The van der Waals surface area contributed by atoms with E-state index in [4.69, 9.17) is 0 Å². The number of rotatable bonds is 4. The third kappa shape index (κ3) is 3.77. The van der Waals surface area contributed by atoms with Gasteiger partial charge >= 0.3 is 0 Å². The fraction of sp³-hybridized carbons (Fsp3) is 0.167. The molecular formula is C12H16. The lowest BCUT2D eigenvalue weighted by Crippen LogP contribution is -1.79. The zero-order valence-electron chi connectivity index (χ0n) is 7.88. The topological polar surface area (TPSA) is 0 Å². The highest BCUT2D eigenvalue weighted by Crippen LogP contribution is 2.10. The Labute approximate surface area is 75.3 Å². The first-order chi connectivity index (χ1) is 5.76. The molecule has 0 aliphatic carbocycles. The van der Waals surface area contributed by atoms with E-state index < -0.39 is 0 Å². The lowest BCUT2D eigenvalue weighted by molar-refractivity contribution is 1.53. The van der Waals surface area contributed by atoms with Gasteiger partial charge in [0.15, 0.2) is 0 Å². The molecule has 64 valence electrons. The zero-order chi connectivity index (χ0) is 9.40. The van der Waals surface area contributed by atoms with Gasteiger partial charge in [-0.2, -0.15) is 0 Å². The van der Waals surface area contributed by atoms with Gasteiger partial charge in [-0.3, -0.25) is 0 Å². The largest absolute Gasteiger partial charge is 0.0990 e. The second-order valence-electron chi connectivity index (χ2n) is 2.38. The second kappa shape index (κ2) is 6.41. The van der Waals surface area contributed by atoms with E-state index in [1.165, 1.54) is 0 Å². The van der Waals surface area contributed by atoms with Crippen molar-refractivity contribution in [3.05, 3.63) is 60.8 Å². The van der Waals surface area contributed by atoms with Crippen LogP contribution in [0.4, 0.5) is 0 Å². The molecule has 0 rings (SSSR count). The quantitative estimate of drug-likeness (QED) is 0.549. The molecular weight excluding hydrogens is 144 g/mol. The normalized spacial score (nSPS) is 12.7. The molecule has 0 N–H and O–H groups in total. The average Bonchev–Trinajstić information content (AvgIpc) is 2.04. The van der Waals surface area contributed by atoms with Crippen LogP contribution in [0.1, 0.15) is 13.8 Å². The van der Waals surface area contributed by atoms with Gasteiger partial charge in [-0.15, -0.1) is 0 Å². The van der Waals surface area contributed by atoms with Crippen LogP contribution in [0.3, 0.4) is 0 Å². The van der Waals surface area contributed by atoms with Crippen LogP contribution < -0.4 is 0 Å². The van der Waals surface area contributed by atoms with Crippen LogP contribution in [-0.2, 0) is 0 Å². The Balaban J connectivity index is 4.62. The average molecular weight is 160 g/mol. The highest BCUT2D eigenvalue weighted by atomic mass is 14.0. The lowest BCUT2D eigenvalue weighted by atomic mass is 10.1. The van der Waals surface area contributed by atoms with Gasteiger partial charge in [0.1, 0.15) is 0 Å². The van der Waals surface area contributed by atoms with E-state index in [9.17, 15) is 0 Å². The van der Waals surface area contributed by atoms with Crippen molar-refractivity contribution >= 4 is 0 Å². The summed E-state index contributed by atoms with van der Waals surface area (Å²) in [6, 6.07) is 0. The van der Waals surface area contributed by atoms with Crippen molar-refractivity contribution < 1.29 is 0 Å². The molecule has 0 amide bonds. The Bertz CT molecular complexity index is 237. The van der Waals surface area contributed by atoms with Crippen molar-refractivity contribution in [1.29, 1.82) is 0 Å². The van der Waals surface area contributed by atoms with E-state index in [0.717, 1.165) is 11.1 Å². The SMILES string of the molecule is C=C/C=C(/C=C\C)C(=C)/C=C\C. The smallest absolute Gasteiger partial charge is 0.0194 e. The highest BCUT2D eigenvalue weighted by Gasteiger charge is 1.91. The Morgan fingerprint density at radius 2 is 1.67 bits per heavy atom. The minimum Gasteiger partial charge on any atom is -0.0990 e. The predicted octanol–water partition coefficient (Wildman–Crippen LogP) is 3.81. The number of allylic oxidation sites excluding steroid dienone is 8. The molecule has 0 atom stereocenters. The maximum absolute atomic E-state index is 3.93. The van der Waals surface area contributed by atoms with Gasteiger partial charge in [0.2, 0.25) is 0 Å². The molecule has 0 bridgehead atoms. The first-order valence-electron chi connectivity index (χ1n) is 4.03. The summed E-state index contributed by atoms with van der Waals surface area (Å²) in [4.78, 5) is 0. The monoisotopic (exact) mass is 160 g/mol. The third-order valence-corrected chi connectivity index (χ3v) is 1.38. The van der Waals surface area contributed by atoms with Crippen molar-refractivity contribution in [2.45, 2.75) is 13.8 Å². The second-order valence-corrected chi connectivity index (χ2v) is 2.38. The summed E-state index contributed by atoms with van der Waals surface area (Å²) in [5.74, 6) is 0. The maximum Gasteiger partial charge on any atom is -0.0194 e. The van der Waals surface area contributed by atoms with Crippen LogP contribution in [0, 0.1) is 0 Å². The summed E-state index contributed by atoms with van der Waals surface area (Å²) < 4.78 is 0. The minimum atomic E-state index is 1.01. The van der Waals surface area contributed by atoms with E-state index in [0.29, 0.717) is 0 Å². The van der Waals surface area contributed by atoms with Crippen LogP contribution in [0.2, 0.25) is 0 Å². The van der Waals surface area contributed by atoms with Gasteiger partial charge in [0.25, 0.3) is 0 Å². The summed E-state index contributed by atoms with van der Waals surface area (Å²) in [5, 5.41) is 0. The number of hydrogen-bond donors (Lipinski definition) is 0. The van der Waals surface area contributed by atoms with Crippen molar-refractivity contribution in [1.82, 2.24) is 0 Å². The minimum absolute atomic E-state index is 1.01. The Morgan fingerprint density at radius 1 is 1.08 bits per heavy atom. The molecule has 0 unspecified atom stereocenters. The third-order valence-electron chi connectivity index (χ3n) is 1.38. The molecule has 0 aliphatic heterocycles. The molecule has 0 aromatic rings. The first kappa shape index (κ1) is 10.7. The summed E-state index contributed by atoms with van der Waals surface area (Å²) >= 11 is 0. The van der Waals surface area contributed by atoms with Crippen molar-refractivity contribution in [2.75, 3.05) is 0 Å².